The van der Waals surface area contributed by atoms with E-state index in [1.54, 1.807) is 31.3 Å². The van der Waals surface area contributed by atoms with Crippen LogP contribution in [0, 0.1) is 5.92 Å². The number of nitrogens with one attached hydrogen (secondary N) is 1. The molecule has 0 unspecified atom stereocenters. The van der Waals surface area contributed by atoms with Gasteiger partial charge >= 0.3 is 0 Å². The Hall–Kier alpha value is -1.88. The maximum atomic E-state index is 12.0. The zero-order valence-corrected chi connectivity index (χ0v) is 11.8. The average Bonchev–Trinajstić information content (AvgIpc) is 2.37. The number of carbonyl (C=O) groups excluding carboxylic acids is 2. The first kappa shape index (κ1) is 15.2. The summed E-state index contributed by atoms with van der Waals surface area (Å²) < 4.78 is 0. The van der Waals surface area contributed by atoms with Gasteiger partial charge in [-0.15, -0.1) is 0 Å². The Bertz CT molecular complexity index is 458. The Kier molecular flexibility index (Phi) is 5.51. The van der Waals surface area contributed by atoms with Crippen LogP contribution in [-0.2, 0) is 9.63 Å². The Morgan fingerprint density at radius 3 is 2.53 bits per heavy atom. The van der Waals surface area contributed by atoms with E-state index in [1.807, 2.05) is 13.8 Å². The van der Waals surface area contributed by atoms with Crippen LogP contribution in [0.1, 0.15) is 31.1 Å². The molecule has 0 bridgehead atoms. The number of amides is 2. The molecule has 5 heteroatoms. The van der Waals surface area contributed by atoms with Crippen LogP contribution in [0.2, 0.25) is 0 Å². The van der Waals surface area contributed by atoms with E-state index in [4.69, 9.17) is 4.84 Å². The van der Waals surface area contributed by atoms with Gasteiger partial charge in [-0.25, -0.2) is 5.48 Å². The fourth-order valence-electron chi connectivity index (χ4n) is 1.46. The van der Waals surface area contributed by atoms with E-state index in [0.717, 1.165) is 0 Å². The predicted molar refractivity (Wildman–Crippen MR) is 73.8 cm³/mol. The number of carbonyl (C=O) groups is 2. The summed E-state index contributed by atoms with van der Waals surface area (Å²) in [7, 11) is 1.63. The molecule has 1 N–H and O–H groups in total. The number of nitrogens with zero attached hydrogens (tertiary/aromatic N) is 1. The van der Waals surface area contributed by atoms with Crippen molar-refractivity contribution in [3.63, 3.8) is 0 Å². The van der Waals surface area contributed by atoms with Gasteiger partial charge in [0.25, 0.3) is 5.91 Å². The van der Waals surface area contributed by atoms with Crippen LogP contribution in [0.5, 0.6) is 0 Å². The highest BCUT2D eigenvalue weighted by Gasteiger charge is 2.16. The molecule has 0 atom stereocenters. The molecule has 0 saturated carbocycles. The fourth-order valence-corrected chi connectivity index (χ4v) is 1.46. The minimum Gasteiger partial charge on any atom is -0.315 e. The van der Waals surface area contributed by atoms with Gasteiger partial charge in [-0.05, 0) is 18.1 Å². The van der Waals surface area contributed by atoms with E-state index >= 15 is 0 Å². The van der Waals surface area contributed by atoms with Gasteiger partial charge in [-0.3, -0.25) is 14.4 Å². The van der Waals surface area contributed by atoms with Gasteiger partial charge in [0, 0.05) is 14.0 Å². The third-order valence-corrected chi connectivity index (χ3v) is 2.56. The second kappa shape index (κ2) is 6.89. The highest BCUT2D eigenvalue weighted by Crippen LogP contribution is 2.19. The lowest BCUT2D eigenvalue weighted by atomic mass is 10.1. The molecule has 5 nitrogen and oxygen atoms in total. The van der Waals surface area contributed by atoms with Gasteiger partial charge in [0.15, 0.2) is 0 Å². The quantitative estimate of drug-likeness (QED) is 0.827. The Balaban J connectivity index is 2.82. The highest BCUT2D eigenvalue weighted by atomic mass is 16.6. The molecule has 0 radical (unpaired) electrons. The Morgan fingerprint density at radius 1 is 1.32 bits per heavy atom. The van der Waals surface area contributed by atoms with E-state index in [-0.39, 0.29) is 11.8 Å². The van der Waals surface area contributed by atoms with Gasteiger partial charge in [-0.1, -0.05) is 26.0 Å². The van der Waals surface area contributed by atoms with Crippen LogP contribution < -0.4 is 10.4 Å². The first-order valence-electron chi connectivity index (χ1n) is 6.19. The van der Waals surface area contributed by atoms with E-state index in [0.29, 0.717) is 23.8 Å². The van der Waals surface area contributed by atoms with Crippen molar-refractivity contribution in [2.75, 3.05) is 18.6 Å². The predicted octanol–water partition coefficient (Wildman–Crippen LogP) is 1.99. The van der Waals surface area contributed by atoms with Gasteiger partial charge in [0.05, 0.1) is 17.9 Å². The summed E-state index contributed by atoms with van der Waals surface area (Å²) in [5.74, 6) is -0.164. The monoisotopic (exact) mass is 264 g/mol. The summed E-state index contributed by atoms with van der Waals surface area (Å²) in [6.07, 6.45) is 0. The first-order valence-corrected chi connectivity index (χ1v) is 6.19. The van der Waals surface area contributed by atoms with Crippen LogP contribution >= 0.6 is 0 Å². The third kappa shape index (κ3) is 4.37. The molecule has 0 aliphatic carbocycles. The summed E-state index contributed by atoms with van der Waals surface area (Å²) in [6, 6.07) is 6.90. The number of anilines is 1. The molecule has 0 aliphatic rings. The van der Waals surface area contributed by atoms with Crippen molar-refractivity contribution < 1.29 is 14.4 Å². The molecule has 0 aliphatic heterocycles. The zero-order chi connectivity index (χ0) is 14.4. The second-order valence-electron chi connectivity index (χ2n) is 4.73. The van der Waals surface area contributed by atoms with Crippen LogP contribution in [0.4, 0.5) is 5.69 Å². The number of rotatable bonds is 5. The summed E-state index contributed by atoms with van der Waals surface area (Å²) in [5.41, 5.74) is 3.35. The van der Waals surface area contributed by atoms with Crippen molar-refractivity contribution in [3.8, 4) is 0 Å². The van der Waals surface area contributed by atoms with Crippen LogP contribution in [0.3, 0.4) is 0 Å². The molecule has 19 heavy (non-hydrogen) atoms. The second-order valence-corrected chi connectivity index (χ2v) is 4.73. The summed E-state index contributed by atoms with van der Waals surface area (Å²) in [4.78, 5) is 29.9. The number of para-hydroxylation sites is 1. The maximum Gasteiger partial charge on any atom is 0.276 e. The molecule has 2 amide bonds. The lowest BCUT2D eigenvalue weighted by Crippen LogP contribution is -2.30. The molecule has 0 saturated heterocycles. The molecule has 1 rings (SSSR count). The molecule has 1 aromatic carbocycles. The SMILES string of the molecule is CC(=O)N(C)c1ccccc1C(=O)NOCC(C)C. The van der Waals surface area contributed by atoms with Crippen LogP contribution in [0.25, 0.3) is 0 Å². The standard InChI is InChI=1S/C14H20N2O3/c1-10(2)9-19-15-14(18)12-7-5-6-8-13(12)16(4)11(3)17/h5-8,10H,9H2,1-4H3,(H,15,18). The zero-order valence-electron chi connectivity index (χ0n) is 11.8. The van der Waals surface area contributed by atoms with Gasteiger partial charge in [0.2, 0.25) is 5.91 Å². The highest BCUT2D eigenvalue weighted by molar-refractivity contribution is 6.03. The fraction of sp³-hybridized carbons (Fsp3) is 0.429. The molecule has 0 fully saturated rings. The lowest BCUT2D eigenvalue weighted by Gasteiger charge is -2.18. The number of hydrogen-bond acceptors (Lipinski definition) is 3. The topological polar surface area (TPSA) is 58.6 Å². The molecule has 0 aromatic heterocycles. The summed E-state index contributed by atoms with van der Waals surface area (Å²) in [5, 5.41) is 0. The molecule has 1 aromatic rings. The normalized spacial score (nSPS) is 10.4. The van der Waals surface area contributed by atoms with Crippen LogP contribution in [-0.4, -0.2) is 25.5 Å². The molecular formula is C14H20N2O3. The first-order chi connectivity index (χ1) is 8.93. The van der Waals surface area contributed by atoms with E-state index in [2.05, 4.69) is 5.48 Å². The molecule has 104 valence electrons. The maximum absolute atomic E-state index is 12.0. The van der Waals surface area contributed by atoms with Crippen molar-refractivity contribution in [1.82, 2.24) is 5.48 Å². The van der Waals surface area contributed by atoms with Gasteiger partial charge < -0.3 is 4.90 Å². The molecule has 0 heterocycles. The lowest BCUT2D eigenvalue weighted by molar-refractivity contribution is -0.116. The van der Waals surface area contributed by atoms with Crippen molar-refractivity contribution in [2.24, 2.45) is 5.92 Å². The number of hydroxylamine groups is 1. The molecular weight excluding hydrogens is 244 g/mol. The van der Waals surface area contributed by atoms with E-state index in [9.17, 15) is 9.59 Å². The Morgan fingerprint density at radius 2 is 1.95 bits per heavy atom. The number of hydrogen-bond donors (Lipinski definition) is 1. The van der Waals surface area contributed by atoms with Crippen LogP contribution in [0.15, 0.2) is 24.3 Å². The smallest absolute Gasteiger partial charge is 0.276 e. The van der Waals surface area contributed by atoms with Crippen molar-refractivity contribution in [1.29, 1.82) is 0 Å². The average molecular weight is 264 g/mol. The van der Waals surface area contributed by atoms with Crippen molar-refractivity contribution in [3.05, 3.63) is 29.8 Å². The Labute approximate surface area is 113 Å². The van der Waals surface area contributed by atoms with Crippen molar-refractivity contribution >= 4 is 17.5 Å². The third-order valence-electron chi connectivity index (χ3n) is 2.56. The summed E-state index contributed by atoms with van der Waals surface area (Å²) >= 11 is 0. The minimum atomic E-state index is -0.357. The van der Waals surface area contributed by atoms with Gasteiger partial charge in [0.1, 0.15) is 0 Å². The largest absolute Gasteiger partial charge is 0.315 e. The van der Waals surface area contributed by atoms with Gasteiger partial charge in [-0.2, -0.15) is 0 Å². The molecule has 0 spiro atoms. The minimum absolute atomic E-state index is 0.136. The number of benzene rings is 1. The van der Waals surface area contributed by atoms with E-state index in [1.165, 1.54) is 11.8 Å². The summed E-state index contributed by atoms with van der Waals surface area (Å²) in [6.45, 7) is 5.87. The van der Waals surface area contributed by atoms with Crippen molar-refractivity contribution in [2.45, 2.75) is 20.8 Å². The van der Waals surface area contributed by atoms with E-state index < -0.39 is 0 Å².